The Morgan fingerprint density at radius 2 is 1.71 bits per heavy atom. The first-order chi connectivity index (χ1) is 14.6. The summed E-state index contributed by atoms with van der Waals surface area (Å²) in [5.41, 5.74) is -1.82. The second-order valence-electron chi connectivity index (χ2n) is 6.41. The Labute approximate surface area is 176 Å². The SMILES string of the molecule is O=C(Nc1ccc(F)cc1F)c1cc2nc(-c3ccc(Cl)cc3)cc(C(F)(F)F)n2n1. The Kier molecular flexibility index (Phi) is 5.10. The lowest BCUT2D eigenvalue weighted by Crippen LogP contribution is -2.16. The van der Waals surface area contributed by atoms with Crippen LogP contribution in [-0.4, -0.2) is 20.5 Å². The maximum atomic E-state index is 13.8. The van der Waals surface area contributed by atoms with Crippen molar-refractivity contribution in [2.75, 3.05) is 5.32 Å². The van der Waals surface area contributed by atoms with E-state index in [2.05, 4.69) is 15.4 Å². The number of nitrogens with zero attached hydrogens (tertiary/aromatic N) is 3. The summed E-state index contributed by atoms with van der Waals surface area (Å²) >= 11 is 5.82. The molecule has 0 fully saturated rings. The van der Waals surface area contributed by atoms with Gasteiger partial charge >= 0.3 is 6.18 Å². The molecule has 158 valence electrons. The number of fused-ring (bicyclic) bond motifs is 1. The number of alkyl halides is 3. The Morgan fingerprint density at radius 1 is 1.00 bits per heavy atom. The quantitative estimate of drug-likeness (QED) is 0.412. The van der Waals surface area contributed by atoms with Gasteiger partial charge in [0.25, 0.3) is 5.91 Å². The van der Waals surface area contributed by atoms with Crippen LogP contribution in [0.25, 0.3) is 16.9 Å². The van der Waals surface area contributed by atoms with E-state index >= 15 is 0 Å². The first kappa shape index (κ1) is 20.7. The summed E-state index contributed by atoms with van der Waals surface area (Å²) in [6, 6.07) is 10.3. The standard InChI is InChI=1S/C20H10ClF5N4O/c21-11-3-1-10(2-4-11)15-8-17(20(24,25)26)30-18(27-15)9-16(29-30)19(31)28-14-6-5-12(22)7-13(14)23/h1-9H,(H,28,31). The molecule has 1 amide bonds. The molecule has 0 unspecified atom stereocenters. The van der Waals surface area contributed by atoms with Gasteiger partial charge in [-0.2, -0.15) is 18.3 Å². The van der Waals surface area contributed by atoms with Crippen LogP contribution in [0.1, 0.15) is 16.2 Å². The molecular weight excluding hydrogens is 443 g/mol. The average molecular weight is 453 g/mol. The zero-order valence-electron chi connectivity index (χ0n) is 15.2. The molecule has 1 N–H and O–H groups in total. The van der Waals surface area contributed by atoms with Gasteiger partial charge in [0, 0.05) is 22.7 Å². The second-order valence-corrected chi connectivity index (χ2v) is 6.85. The van der Waals surface area contributed by atoms with Gasteiger partial charge in [0.15, 0.2) is 17.0 Å². The van der Waals surface area contributed by atoms with E-state index < -0.39 is 35.1 Å². The van der Waals surface area contributed by atoms with E-state index in [1.165, 1.54) is 24.3 Å². The van der Waals surface area contributed by atoms with Crippen LogP contribution in [0.4, 0.5) is 27.6 Å². The lowest BCUT2D eigenvalue weighted by molar-refractivity contribution is -0.142. The van der Waals surface area contributed by atoms with Crippen molar-refractivity contribution in [1.29, 1.82) is 0 Å². The molecular formula is C20H10ClF5N4O. The molecule has 0 saturated heterocycles. The monoisotopic (exact) mass is 452 g/mol. The summed E-state index contributed by atoms with van der Waals surface area (Å²) in [7, 11) is 0. The van der Waals surface area contributed by atoms with Gasteiger partial charge in [-0.3, -0.25) is 4.79 Å². The van der Waals surface area contributed by atoms with E-state index in [1.807, 2.05) is 0 Å². The minimum absolute atomic E-state index is 0.00655. The van der Waals surface area contributed by atoms with Crippen LogP contribution >= 0.6 is 11.6 Å². The molecule has 0 aliphatic rings. The number of anilines is 1. The number of hydrogen-bond donors (Lipinski definition) is 1. The zero-order chi connectivity index (χ0) is 22.3. The number of carbonyl (C=O) groups is 1. The fraction of sp³-hybridized carbons (Fsp3) is 0.0500. The van der Waals surface area contributed by atoms with E-state index in [0.717, 1.165) is 24.3 Å². The van der Waals surface area contributed by atoms with E-state index in [0.29, 0.717) is 21.2 Å². The third-order valence-electron chi connectivity index (χ3n) is 4.27. The third kappa shape index (κ3) is 4.19. The van der Waals surface area contributed by atoms with Gasteiger partial charge in [0.1, 0.15) is 11.6 Å². The smallest absolute Gasteiger partial charge is 0.318 e. The molecule has 0 atom stereocenters. The van der Waals surface area contributed by atoms with E-state index in [-0.39, 0.29) is 17.0 Å². The lowest BCUT2D eigenvalue weighted by atomic mass is 10.1. The predicted octanol–water partition coefficient (Wildman–Crippen LogP) is 5.60. The molecule has 0 aliphatic carbocycles. The maximum Gasteiger partial charge on any atom is 0.433 e. The van der Waals surface area contributed by atoms with E-state index in [1.54, 1.807) is 0 Å². The summed E-state index contributed by atoms with van der Waals surface area (Å²) in [4.78, 5) is 16.5. The number of rotatable bonds is 3. The molecule has 11 heteroatoms. The largest absolute Gasteiger partial charge is 0.433 e. The van der Waals surface area contributed by atoms with Crippen LogP contribution in [0.5, 0.6) is 0 Å². The van der Waals surface area contributed by atoms with E-state index in [9.17, 15) is 26.7 Å². The maximum absolute atomic E-state index is 13.8. The molecule has 5 nitrogen and oxygen atoms in total. The number of carbonyl (C=O) groups excluding carboxylic acids is 1. The zero-order valence-corrected chi connectivity index (χ0v) is 16.0. The molecule has 0 saturated carbocycles. The molecule has 2 heterocycles. The van der Waals surface area contributed by atoms with Gasteiger partial charge in [-0.1, -0.05) is 23.7 Å². The first-order valence-electron chi connectivity index (χ1n) is 8.62. The van der Waals surface area contributed by atoms with Crippen LogP contribution in [0.3, 0.4) is 0 Å². The summed E-state index contributed by atoms with van der Waals surface area (Å²) in [6.07, 6.45) is -4.80. The summed E-state index contributed by atoms with van der Waals surface area (Å²) in [5, 5.41) is 6.22. The molecule has 0 aliphatic heterocycles. The Hall–Kier alpha value is -3.53. The normalized spacial score (nSPS) is 11.7. The van der Waals surface area contributed by atoms with Gasteiger partial charge < -0.3 is 5.32 Å². The minimum Gasteiger partial charge on any atom is -0.318 e. The van der Waals surface area contributed by atoms with Crippen LogP contribution in [0.2, 0.25) is 5.02 Å². The Balaban J connectivity index is 1.78. The fourth-order valence-electron chi connectivity index (χ4n) is 2.83. The van der Waals surface area contributed by atoms with Gasteiger partial charge in [0.05, 0.1) is 11.4 Å². The van der Waals surface area contributed by atoms with Crippen LogP contribution in [0.15, 0.2) is 54.6 Å². The van der Waals surface area contributed by atoms with Gasteiger partial charge in [-0.25, -0.2) is 18.3 Å². The summed E-state index contributed by atoms with van der Waals surface area (Å²) in [5.74, 6) is -2.88. The molecule has 2 aromatic carbocycles. The highest BCUT2D eigenvalue weighted by Gasteiger charge is 2.35. The van der Waals surface area contributed by atoms with Gasteiger partial charge in [0.2, 0.25) is 0 Å². The number of benzene rings is 2. The van der Waals surface area contributed by atoms with Crippen LogP contribution in [-0.2, 0) is 6.18 Å². The topological polar surface area (TPSA) is 59.3 Å². The fourth-order valence-corrected chi connectivity index (χ4v) is 2.96. The van der Waals surface area contributed by atoms with Crippen molar-refractivity contribution in [3.05, 3.63) is 82.6 Å². The van der Waals surface area contributed by atoms with Gasteiger partial charge in [-0.05, 0) is 30.3 Å². The Morgan fingerprint density at radius 3 is 2.35 bits per heavy atom. The van der Waals surface area contributed by atoms with Crippen molar-refractivity contribution >= 4 is 28.8 Å². The van der Waals surface area contributed by atoms with Crippen LogP contribution in [0, 0.1) is 11.6 Å². The number of aromatic nitrogens is 3. The predicted molar refractivity (Wildman–Crippen MR) is 103 cm³/mol. The van der Waals surface area contributed by atoms with Crippen molar-refractivity contribution in [1.82, 2.24) is 14.6 Å². The Bertz CT molecular complexity index is 1300. The second kappa shape index (κ2) is 7.62. The molecule has 0 bridgehead atoms. The van der Waals surface area contributed by atoms with Crippen molar-refractivity contribution in [2.45, 2.75) is 6.18 Å². The summed E-state index contributed by atoms with van der Waals surface area (Å²) in [6.45, 7) is 0. The number of amides is 1. The van der Waals surface area contributed by atoms with Crippen LogP contribution < -0.4 is 5.32 Å². The highest BCUT2D eigenvalue weighted by atomic mass is 35.5. The number of halogens is 6. The lowest BCUT2D eigenvalue weighted by Gasteiger charge is -2.11. The van der Waals surface area contributed by atoms with Crippen molar-refractivity contribution in [3.8, 4) is 11.3 Å². The van der Waals surface area contributed by atoms with Crippen molar-refractivity contribution in [2.24, 2.45) is 0 Å². The van der Waals surface area contributed by atoms with E-state index in [4.69, 9.17) is 11.6 Å². The van der Waals surface area contributed by atoms with Crippen molar-refractivity contribution in [3.63, 3.8) is 0 Å². The molecule has 4 rings (SSSR count). The molecule has 4 aromatic rings. The molecule has 2 aromatic heterocycles. The van der Waals surface area contributed by atoms with Gasteiger partial charge in [-0.15, -0.1) is 0 Å². The average Bonchev–Trinajstić information content (AvgIpc) is 3.13. The first-order valence-corrected chi connectivity index (χ1v) is 9.00. The molecule has 0 radical (unpaired) electrons. The number of nitrogens with one attached hydrogen (secondary N) is 1. The minimum atomic E-state index is -4.80. The molecule has 31 heavy (non-hydrogen) atoms. The highest BCUT2D eigenvalue weighted by Crippen LogP contribution is 2.32. The highest BCUT2D eigenvalue weighted by molar-refractivity contribution is 6.30. The molecule has 0 spiro atoms. The van der Waals surface area contributed by atoms with Crippen molar-refractivity contribution < 1.29 is 26.7 Å². The third-order valence-corrected chi connectivity index (χ3v) is 4.52. The summed E-state index contributed by atoms with van der Waals surface area (Å²) < 4.78 is 68.2. The number of hydrogen-bond acceptors (Lipinski definition) is 3.